The van der Waals surface area contributed by atoms with Crippen molar-refractivity contribution in [3.8, 4) is 0 Å². The minimum absolute atomic E-state index is 0.0233. The van der Waals surface area contributed by atoms with Crippen molar-refractivity contribution in [2.45, 2.75) is 45.3 Å². The number of nitrogens with one attached hydrogen (secondary N) is 1. The number of carbonyl (C=O) groups is 1. The van der Waals surface area contributed by atoms with Crippen LogP contribution < -0.4 is 11.1 Å². The highest BCUT2D eigenvalue weighted by Gasteiger charge is 2.27. The lowest BCUT2D eigenvalue weighted by Crippen LogP contribution is -2.41. The molecule has 19 heavy (non-hydrogen) atoms. The van der Waals surface area contributed by atoms with Gasteiger partial charge < -0.3 is 15.8 Å². The number of alkyl carbamates (subject to hydrolysis) is 1. The molecule has 1 amide bonds. The Labute approximate surface area is 115 Å². The maximum Gasteiger partial charge on any atom is 0.407 e. The number of carbonyl (C=O) groups excluding carboxylic acids is 1. The molecule has 0 aromatic carbocycles. The maximum absolute atomic E-state index is 11.5. The fourth-order valence-corrected chi connectivity index (χ4v) is 3.48. The first-order valence-electron chi connectivity index (χ1n) is 6.52. The molecule has 1 saturated heterocycles. The molecule has 1 aliphatic rings. The number of hydrogen-bond donors (Lipinski definition) is 2. The molecule has 6 nitrogen and oxygen atoms in total. The minimum atomic E-state index is -2.98. The van der Waals surface area contributed by atoms with E-state index in [1.165, 1.54) is 0 Å². The molecule has 1 rings (SSSR count). The molecule has 0 saturated carbocycles. The number of rotatable bonds is 2. The molecule has 0 unspecified atom stereocenters. The zero-order valence-electron chi connectivity index (χ0n) is 11.8. The molecule has 2 atom stereocenters. The maximum atomic E-state index is 11.5. The van der Waals surface area contributed by atoms with Crippen molar-refractivity contribution >= 4 is 15.9 Å². The van der Waals surface area contributed by atoms with Crippen LogP contribution in [0.25, 0.3) is 0 Å². The largest absolute Gasteiger partial charge is 0.444 e. The third-order valence-corrected chi connectivity index (χ3v) is 4.79. The first-order chi connectivity index (χ1) is 8.59. The molecule has 1 heterocycles. The Morgan fingerprint density at radius 3 is 2.47 bits per heavy atom. The van der Waals surface area contributed by atoms with Crippen LogP contribution in [0.4, 0.5) is 4.79 Å². The Morgan fingerprint density at radius 1 is 1.32 bits per heavy atom. The van der Waals surface area contributed by atoms with E-state index in [0.29, 0.717) is 19.4 Å². The fraction of sp³-hybridized carbons (Fsp3) is 0.917. The van der Waals surface area contributed by atoms with E-state index >= 15 is 0 Å². The summed E-state index contributed by atoms with van der Waals surface area (Å²) in [4.78, 5) is 11.5. The number of nitrogens with two attached hydrogens (primary N) is 1. The molecule has 0 bridgehead atoms. The lowest BCUT2D eigenvalue weighted by molar-refractivity contribution is 0.0516. The number of amides is 1. The first-order valence-corrected chi connectivity index (χ1v) is 8.34. The minimum Gasteiger partial charge on any atom is -0.444 e. The molecular weight excluding hydrogens is 268 g/mol. The van der Waals surface area contributed by atoms with E-state index in [1.807, 2.05) is 0 Å². The van der Waals surface area contributed by atoms with Gasteiger partial charge in [0.2, 0.25) is 0 Å². The average Bonchev–Trinajstić information content (AvgIpc) is 2.35. The van der Waals surface area contributed by atoms with Gasteiger partial charge >= 0.3 is 6.09 Å². The van der Waals surface area contributed by atoms with Crippen molar-refractivity contribution in [1.82, 2.24) is 5.32 Å². The van der Waals surface area contributed by atoms with Crippen LogP contribution in [-0.4, -0.2) is 44.2 Å². The zero-order valence-corrected chi connectivity index (χ0v) is 12.6. The second kappa shape index (κ2) is 6.09. The summed E-state index contributed by atoms with van der Waals surface area (Å²) in [6.07, 6.45) is 0.439. The van der Waals surface area contributed by atoms with E-state index in [1.54, 1.807) is 20.8 Å². The van der Waals surface area contributed by atoms with E-state index in [9.17, 15) is 13.2 Å². The van der Waals surface area contributed by atoms with Gasteiger partial charge in [-0.1, -0.05) is 0 Å². The van der Waals surface area contributed by atoms with E-state index in [4.69, 9.17) is 10.5 Å². The summed E-state index contributed by atoms with van der Waals surface area (Å²) in [5.41, 5.74) is 5.41. The van der Waals surface area contributed by atoms with Crippen LogP contribution in [-0.2, 0) is 14.6 Å². The molecule has 0 radical (unpaired) electrons. The normalized spacial score (nSPS) is 27.4. The van der Waals surface area contributed by atoms with Gasteiger partial charge in [0.1, 0.15) is 15.4 Å². The fourth-order valence-electron chi connectivity index (χ4n) is 1.98. The van der Waals surface area contributed by atoms with Crippen molar-refractivity contribution in [2.75, 3.05) is 18.1 Å². The number of ether oxygens (including phenoxy) is 1. The molecular formula is C12H24N2O4S. The Balaban J connectivity index is 2.46. The highest BCUT2D eigenvalue weighted by molar-refractivity contribution is 7.91. The molecule has 0 aromatic rings. The van der Waals surface area contributed by atoms with Gasteiger partial charge in [0.15, 0.2) is 0 Å². The lowest BCUT2D eigenvalue weighted by atomic mass is 9.96. The van der Waals surface area contributed by atoms with Crippen molar-refractivity contribution in [1.29, 1.82) is 0 Å². The topological polar surface area (TPSA) is 98.5 Å². The van der Waals surface area contributed by atoms with Crippen molar-refractivity contribution in [3.05, 3.63) is 0 Å². The first kappa shape index (κ1) is 16.2. The summed E-state index contributed by atoms with van der Waals surface area (Å²) in [6.45, 7) is 5.72. The number of hydrogen-bond acceptors (Lipinski definition) is 5. The van der Waals surface area contributed by atoms with Crippen molar-refractivity contribution < 1.29 is 17.9 Å². The summed E-state index contributed by atoms with van der Waals surface area (Å²) in [5.74, 6) is 0.253. The molecule has 3 N–H and O–H groups in total. The van der Waals surface area contributed by atoms with Gasteiger partial charge in [-0.2, -0.15) is 0 Å². The monoisotopic (exact) mass is 292 g/mol. The van der Waals surface area contributed by atoms with E-state index in [-0.39, 0.29) is 23.5 Å². The highest BCUT2D eigenvalue weighted by Crippen LogP contribution is 2.17. The van der Waals surface area contributed by atoms with Crippen LogP contribution in [0, 0.1) is 5.92 Å². The molecule has 0 aliphatic carbocycles. The van der Waals surface area contributed by atoms with Crippen molar-refractivity contribution in [3.63, 3.8) is 0 Å². The second-order valence-corrected chi connectivity index (χ2v) is 8.34. The quantitative estimate of drug-likeness (QED) is 0.779. The molecule has 1 aliphatic heterocycles. The SMILES string of the molecule is CC(C)(C)OC(=O)NC[C@@H]1CCS(=O)(=O)CC[C@@H]1N. The predicted molar refractivity (Wildman–Crippen MR) is 73.6 cm³/mol. The standard InChI is InChI=1S/C12H24N2O4S/c1-12(2,3)18-11(15)14-8-9-4-6-19(16,17)7-5-10(9)13/h9-10H,4-8,13H2,1-3H3,(H,14,15)/t9-,10-/m0/s1. The van der Waals surface area contributed by atoms with Gasteiger partial charge in [0.25, 0.3) is 0 Å². The van der Waals surface area contributed by atoms with Gasteiger partial charge in [0, 0.05) is 12.6 Å². The van der Waals surface area contributed by atoms with Gasteiger partial charge in [-0.15, -0.1) is 0 Å². The second-order valence-electron chi connectivity index (χ2n) is 6.04. The summed E-state index contributed by atoms with van der Waals surface area (Å²) in [7, 11) is -2.98. The summed E-state index contributed by atoms with van der Waals surface area (Å²) in [6, 6.07) is -0.202. The molecule has 0 spiro atoms. The van der Waals surface area contributed by atoms with Crippen LogP contribution in [0.3, 0.4) is 0 Å². The van der Waals surface area contributed by atoms with Crippen LogP contribution in [0.1, 0.15) is 33.6 Å². The van der Waals surface area contributed by atoms with Crippen LogP contribution in [0.15, 0.2) is 0 Å². The molecule has 7 heteroatoms. The Kier molecular flexibility index (Phi) is 5.20. The smallest absolute Gasteiger partial charge is 0.407 e. The van der Waals surface area contributed by atoms with E-state index in [2.05, 4.69) is 5.32 Å². The summed E-state index contributed by atoms with van der Waals surface area (Å²) >= 11 is 0. The molecule has 1 fully saturated rings. The van der Waals surface area contributed by atoms with Crippen molar-refractivity contribution in [2.24, 2.45) is 11.7 Å². The highest BCUT2D eigenvalue weighted by atomic mass is 32.2. The van der Waals surface area contributed by atoms with Crippen LogP contribution in [0.5, 0.6) is 0 Å². The zero-order chi connectivity index (χ0) is 14.7. The van der Waals surface area contributed by atoms with Gasteiger partial charge in [-0.3, -0.25) is 0 Å². The van der Waals surface area contributed by atoms with Crippen LogP contribution in [0.2, 0.25) is 0 Å². The summed E-state index contributed by atoms with van der Waals surface area (Å²) in [5, 5.41) is 2.66. The third-order valence-electron chi connectivity index (χ3n) is 3.07. The Morgan fingerprint density at radius 2 is 1.89 bits per heavy atom. The van der Waals surface area contributed by atoms with Crippen LogP contribution >= 0.6 is 0 Å². The Hall–Kier alpha value is -0.820. The molecule has 112 valence electrons. The van der Waals surface area contributed by atoms with Gasteiger partial charge in [-0.05, 0) is 39.5 Å². The van der Waals surface area contributed by atoms with Gasteiger partial charge in [0.05, 0.1) is 11.5 Å². The van der Waals surface area contributed by atoms with Gasteiger partial charge in [-0.25, -0.2) is 13.2 Å². The lowest BCUT2D eigenvalue weighted by Gasteiger charge is -2.23. The predicted octanol–water partition coefficient (Wildman–Crippen LogP) is 0.663. The Bertz CT molecular complexity index is 414. The molecule has 0 aromatic heterocycles. The van der Waals surface area contributed by atoms with E-state index < -0.39 is 21.5 Å². The number of sulfone groups is 1. The van der Waals surface area contributed by atoms with E-state index in [0.717, 1.165) is 0 Å². The summed E-state index contributed by atoms with van der Waals surface area (Å²) < 4.78 is 28.2. The third kappa shape index (κ3) is 6.24. The average molecular weight is 292 g/mol.